The number of nitrogens with zero attached hydrogens (tertiary/aromatic N) is 1. The van der Waals surface area contributed by atoms with Crippen molar-refractivity contribution in [2.75, 3.05) is 5.32 Å². The number of benzene rings is 2. The summed E-state index contributed by atoms with van der Waals surface area (Å²) in [5.41, 5.74) is 2.60. The Bertz CT molecular complexity index is 585. The van der Waals surface area contributed by atoms with Crippen LogP contribution in [0.5, 0.6) is 0 Å². The van der Waals surface area contributed by atoms with E-state index in [0.29, 0.717) is 12.1 Å². The minimum atomic E-state index is 0.586. The quantitative estimate of drug-likeness (QED) is 0.650. The first-order valence-electron chi connectivity index (χ1n) is 5.60. The lowest BCUT2D eigenvalue weighted by atomic mass is 10.1. The van der Waals surface area contributed by atoms with Gasteiger partial charge in [0.05, 0.1) is 11.6 Å². The summed E-state index contributed by atoms with van der Waals surface area (Å²) in [5, 5.41) is 3.17. The number of anilines is 1. The monoisotopic (exact) mass is 252 g/mol. The molecular formula is C15H12N2S. The molecule has 0 heterocycles. The van der Waals surface area contributed by atoms with Gasteiger partial charge in [-0.3, -0.25) is 0 Å². The fourth-order valence-electron chi connectivity index (χ4n) is 1.67. The Morgan fingerprint density at radius 2 is 1.72 bits per heavy atom. The van der Waals surface area contributed by atoms with Crippen molar-refractivity contribution in [3.05, 3.63) is 71.6 Å². The summed E-state index contributed by atoms with van der Waals surface area (Å²) < 4.78 is 0. The van der Waals surface area contributed by atoms with Gasteiger partial charge in [-0.15, -0.1) is 0 Å². The largest absolute Gasteiger partial charge is 0.350 e. The summed E-state index contributed by atoms with van der Waals surface area (Å²) in [6, 6.07) is 17.3. The van der Waals surface area contributed by atoms with Crippen molar-refractivity contribution in [1.29, 1.82) is 0 Å². The Morgan fingerprint density at radius 1 is 1.06 bits per heavy atom. The van der Waals surface area contributed by atoms with E-state index < -0.39 is 0 Å². The van der Waals surface area contributed by atoms with E-state index >= 15 is 0 Å². The zero-order valence-electron chi connectivity index (χ0n) is 9.76. The summed E-state index contributed by atoms with van der Waals surface area (Å²) in [7, 11) is 0. The van der Waals surface area contributed by atoms with E-state index in [2.05, 4.69) is 10.2 Å². The summed E-state index contributed by atoms with van der Waals surface area (Å²) in [5.74, 6) is 0. The van der Waals surface area contributed by atoms with Crippen molar-refractivity contribution < 1.29 is 0 Å². The maximum atomic E-state index is 7.11. The van der Waals surface area contributed by atoms with Gasteiger partial charge in [0.25, 0.3) is 0 Å². The van der Waals surface area contributed by atoms with Crippen molar-refractivity contribution >= 4 is 28.6 Å². The van der Waals surface area contributed by atoms with Crippen molar-refractivity contribution in [3.8, 4) is 0 Å². The van der Waals surface area contributed by atoms with Gasteiger partial charge in [0.2, 0.25) is 0 Å². The van der Waals surface area contributed by atoms with Gasteiger partial charge in [-0.05, 0) is 17.7 Å². The second-order valence-corrected chi connectivity index (χ2v) is 4.32. The molecule has 2 nitrogen and oxygen atoms in total. The zero-order chi connectivity index (χ0) is 12.8. The topological polar surface area (TPSA) is 16.4 Å². The van der Waals surface area contributed by atoms with Gasteiger partial charge in [0.1, 0.15) is 0 Å². The van der Waals surface area contributed by atoms with Gasteiger partial charge in [-0.2, -0.15) is 0 Å². The van der Waals surface area contributed by atoms with Gasteiger partial charge >= 0.3 is 0 Å². The zero-order valence-corrected chi connectivity index (χ0v) is 10.6. The highest BCUT2D eigenvalue weighted by atomic mass is 32.1. The van der Waals surface area contributed by atoms with Crippen LogP contribution >= 0.6 is 12.2 Å². The van der Waals surface area contributed by atoms with Crippen LogP contribution in [-0.2, 0) is 6.42 Å². The van der Waals surface area contributed by atoms with Crippen molar-refractivity contribution in [1.82, 2.24) is 0 Å². The molecule has 2 aromatic rings. The third-order valence-corrected chi connectivity index (χ3v) is 2.77. The highest BCUT2D eigenvalue weighted by Crippen LogP contribution is 2.19. The number of nitrogens with one attached hydrogen (secondary N) is 1. The van der Waals surface area contributed by atoms with Crippen LogP contribution in [0.25, 0.3) is 4.85 Å². The van der Waals surface area contributed by atoms with Crippen LogP contribution < -0.4 is 5.32 Å². The molecule has 0 radical (unpaired) electrons. The summed E-state index contributed by atoms with van der Waals surface area (Å²) in [4.78, 5) is 4.21. The molecule has 0 saturated carbocycles. The Balaban J connectivity index is 2.06. The normalized spacial score (nSPS) is 9.50. The molecule has 0 fully saturated rings. The van der Waals surface area contributed by atoms with E-state index in [1.807, 2.05) is 54.6 Å². The Morgan fingerprint density at radius 3 is 2.44 bits per heavy atom. The molecule has 0 saturated heterocycles. The molecule has 0 atom stereocenters. The second-order valence-electron chi connectivity index (χ2n) is 3.83. The van der Waals surface area contributed by atoms with Crippen molar-refractivity contribution in [2.45, 2.75) is 6.42 Å². The highest BCUT2D eigenvalue weighted by Gasteiger charge is 2.04. The number of thiocarbonyl (C=S) groups is 1. The minimum absolute atomic E-state index is 0.586. The van der Waals surface area contributed by atoms with Gasteiger partial charge in [0, 0.05) is 12.1 Å². The molecule has 2 rings (SSSR count). The van der Waals surface area contributed by atoms with E-state index in [1.54, 1.807) is 0 Å². The average Bonchev–Trinajstić information content (AvgIpc) is 2.40. The lowest BCUT2D eigenvalue weighted by Crippen LogP contribution is -2.11. The van der Waals surface area contributed by atoms with Crippen LogP contribution in [0.3, 0.4) is 0 Å². The van der Waals surface area contributed by atoms with Gasteiger partial charge in [0.15, 0.2) is 5.69 Å². The van der Waals surface area contributed by atoms with Crippen molar-refractivity contribution in [2.24, 2.45) is 0 Å². The summed E-state index contributed by atoms with van der Waals surface area (Å²) in [6.45, 7) is 7.11. The fourth-order valence-corrected chi connectivity index (χ4v) is 1.94. The molecule has 1 N–H and O–H groups in total. The van der Waals surface area contributed by atoms with E-state index in [9.17, 15) is 0 Å². The minimum Gasteiger partial charge on any atom is -0.350 e. The summed E-state index contributed by atoms with van der Waals surface area (Å²) in [6.07, 6.45) is 0.586. The molecule has 0 bridgehead atoms. The Labute approximate surface area is 112 Å². The first-order valence-corrected chi connectivity index (χ1v) is 6.00. The maximum Gasteiger partial charge on any atom is 0.190 e. The molecule has 0 aliphatic rings. The number of rotatable bonds is 3. The standard InChI is InChI=1S/C15H12N2S/c1-16-14-10-6-5-7-12(14)11-15(18)17-13-8-3-2-4-9-13/h2-10H,11H2,(H,17,18). The molecular weight excluding hydrogens is 240 g/mol. The first kappa shape index (κ1) is 12.3. The maximum absolute atomic E-state index is 7.11. The van der Waals surface area contributed by atoms with Gasteiger partial charge < -0.3 is 5.32 Å². The number of hydrogen-bond donors (Lipinski definition) is 1. The van der Waals surface area contributed by atoms with Gasteiger partial charge in [-0.1, -0.05) is 54.7 Å². The molecule has 0 spiro atoms. The molecule has 0 unspecified atom stereocenters. The van der Waals surface area contributed by atoms with E-state index in [-0.39, 0.29) is 0 Å². The SMILES string of the molecule is [C-]#[N+]c1ccccc1CC(=S)Nc1ccccc1. The molecule has 0 aliphatic heterocycles. The predicted molar refractivity (Wildman–Crippen MR) is 79.1 cm³/mol. The van der Waals surface area contributed by atoms with Crippen LogP contribution in [0, 0.1) is 6.57 Å². The number of hydrogen-bond acceptors (Lipinski definition) is 1. The average molecular weight is 252 g/mol. The molecule has 0 aliphatic carbocycles. The Hall–Kier alpha value is -2.18. The van der Waals surface area contributed by atoms with Gasteiger partial charge in [-0.25, -0.2) is 4.85 Å². The fraction of sp³-hybridized carbons (Fsp3) is 0.0667. The van der Waals surface area contributed by atoms with Crippen LogP contribution in [0.1, 0.15) is 5.56 Å². The smallest absolute Gasteiger partial charge is 0.190 e. The molecule has 88 valence electrons. The lowest BCUT2D eigenvalue weighted by molar-refractivity contribution is 1.35. The first-order chi connectivity index (χ1) is 8.79. The van der Waals surface area contributed by atoms with Crippen LogP contribution in [0.2, 0.25) is 0 Å². The van der Waals surface area contributed by atoms with Crippen LogP contribution in [-0.4, -0.2) is 4.99 Å². The predicted octanol–water partition coefficient (Wildman–Crippen LogP) is 4.22. The summed E-state index contributed by atoms with van der Waals surface area (Å²) >= 11 is 5.31. The van der Waals surface area contributed by atoms with E-state index in [1.165, 1.54) is 0 Å². The second kappa shape index (κ2) is 5.95. The van der Waals surface area contributed by atoms with E-state index in [0.717, 1.165) is 16.2 Å². The molecule has 18 heavy (non-hydrogen) atoms. The van der Waals surface area contributed by atoms with Crippen LogP contribution in [0.4, 0.5) is 11.4 Å². The van der Waals surface area contributed by atoms with E-state index in [4.69, 9.17) is 18.8 Å². The third-order valence-electron chi connectivity index (χ3n) is 2.52. The van der Waals surface area contributed by atoms with Crippen molar-refractivity contribution in [3.63, 3.8) is 0 Å². The molecule has 2 aromatic carbocycles. The Kier molecular flexibility index (Phi) is 4.06. The number of para-hydroxylation sites is 2. The third kappa shape index (κ3) is 3.16. The highest BCUT2D eigenvalue weighted by molar-refractivity contribution is 7.80. The lowest BCUT2D eigenvalue weighted by Gasteiger charge is -2.08. The molecule has 3 heteroatoms. The van der Waals surface area contributed by atoms with Crippen LogP contribution in [0.15, 0.2) is 54.6 Å². The molecule has 0 amide bonds. The molecule has 0 aromatic heterocycles.